The van der Waals surface area contributed by atoms with Crippen LogP contribution in [-0.4, -0.2) is 18.8 Å². The third kappa shape index (κ3) is 3.97. The van der Waals surface area contributed by atoms with Crippen LogP contribution in [0.4, 0.5) is 5.69 Å². The van der Waals surface area contributed by atoms with Crippen LogP contribution in [-0.2, 0) is 0 Å². The van der Waals surface area contributed by atoms with Gasteiger partial charge < -0.3 is 14.5 Å². The van der Waals surface area contributed by atoms with Crippen molar-refractivity contribution in [3.05, 3.63) is 93.1 Å². The molecule has 1 N–H and O–H groups in total. The Hall–Kier alpha value is -3.09. The zero-order valence-corrected chi connectivity index (χ0v) is 18.1. The van der Waals surface area contributed by atoms with E-state index >= 15 is 0 Å². The van der Waals surface area contributed by atoms with Crippen LogP contribution in [0.2, 0.25) is 5.02 Å². The third-order valence-electron chi connectivity index (χ3n) is 4.55. The van der Waals surface area contributed by atoms with Gasteiger partial charge in [-0.15, -0.1) is 0 Å². The fraction of sp³-hybridized carbons (Fsp3) is 0.0435. The van der Waals surface area contributed by atoms with E-state index in [-0.39, 0.29) is 17.5 Å². The van der Waals surface area contributed by atoms with Crippen molar-refractivity contribution >= 4 is 55.9 Å². The van der Waals surface area contributed by atoms with Crippen molar-refractivity contribution in [1.82, 2.24) is 0 Å². The summed E-state index contributed by atoms with van der Waals surface area (Å²) in [7, 11) is 1.55. The summed E-state index contributed by atoms with van der Waals surface area (Å²) in [4.78, 5) is 26.0. The maximum atomic E-state index is 13.1. The van der Waals surface area contributed by atoms with E-state index < -0.39 is 0 Å². The highest BCUT2D eigenvalue weighted by Crippen LogP contribution is 2.35. The first-order chi connectivity index (χ1) is 14.5. The van der Waals surface area contributed by atoms with Crippen molar-refractivity contribution in [2.45, 2.75) is 0 Å². The molecule has 5 nitrogen and oxygen atoms in total. The summed E-state index contributed by atoms with van der Waals surface area (Å²) in [5.41, 5.74) is 1.62. The van der Waals surface area contributed by atoms with E-state index in [0.717, 1.165) is 4.47 Å². The molecule has 1 amide bonds. The van der Waals surface area contributed by atoms with Crippen molar-refractivity contribution in [2.24, 2.45) is 0 Å². The maximum absolute atomic E-state index is 13.1. The van der Waals surface area contributed by atoms with E-state index in [4.69, 9.17) is 20.8 Å². The van der Waals surface area contributed by atoms with Crippen molar-refractivity contribution in [3.63, 3.8) is 0 Å². The second-order valence-corrected chi connectivity index (χ2v) is 7.82. The minimum atomic E-state index is -0.370. The number of benzene rings is 3. The molecule has 0 bridgehead atoms. The molecule has 0 atom stereocenters. The number of methoxy groups -OCH3 is 1. The predicted octanol–water partition coefficient (Wildman–Crippen LogP) is 6.34. The van der Waals surface area contributed by atoms with Gasteiger partial charge in [-0.1, -0.05) is 27.5 Å². The number of anilines is 1. The van der Waals surface area contributed by atoms with Crippen molar-refractivity contribution < 1.29 is 18.7 Å². The highest BCUT2D eigenvalue weighted by atomic mass is 79.9. The highest BCUT2D eigenvalue weighted by Gasteiger charge is 2.24. The van der Waals surface area contributed by atoms with Gasteiger partial charge >= 0.3 is 0 Å². The molecule has 0 saturated heterocycles. The molecule has 30 heavy (non-hydrogen) atoms. The molecule has 0 aliphatic heterocycles. The molecule has 4 aromatic rings. The van der Waals surface area contributed by atoms with E-state index in [1.165, 1.54) is 0 Å². The number of rotatable bonds is 5. The molecule has 0 fully saturated rings. The molecular formula is C23H15BrClNO4. The van der Waals surface area contributed by atoms with Gasteiger partial charge in [0.2, 0.25) is 5.78 Å². The number of ether oxygens (including phenoxy) is 1. The molecule has 0 aliphatic carbocycles. The van der Waals surface area contributed by atoms with Gasteiger partial charge in [-0.25, -0.2) is 0 Å². The lowest BCUT2D eigenvalue weighted by molar-refractivity contribution is 0.101. The molecule has 7 heteroatoms. The van der Waals surface area contributed by atoms with Gasteiger partial charge in [-0.05, 0) is 66.7 Å². The molecule has 0 radical (unpaired) electrons. The number of nitrogens with one attached hydrogen (secondary N) is 1. The van der Waals surface area contributed by atoms with Gasteiger partial charge in [-0.3, -0.25) is 9.59 Å². The number of halogens is 2. The van der Waals surface area contributed by atoms with Crippen molar-refractivity contribution in [2.75, 3.05) is 12.4 Å². The summed E-state index contributed by atoms with van der Waals surface area (Å²) in [5.74, 6) is -0.0374. The Balaban J connectivity index is 1.77. The normalized spacial score (nSPS) is 10.8. The molecule has 3 aromatic carbocycles. The van der Waals surface area contributed by atoms with Crippen LogP contribution in [0.5, 0.6) is 5.75 Å². The molecule has 4 rings (SSSR count). The second-order valence-electron chi connectivity index (χ2n) is 6.47. The van der Waals surface area contributed by atoms with Crippen LogP contribution < -0.4 is 10.1 Å². The summed E-state index contributed by atoms with van der Waals surface area (Å²) >= 11 is 9.35. The number of carbonyl (C=O) groups excluding carboxylic acids is 2. The Bertz CT molecular complexity index is 1250. The smallest absolute Gasteiger partial charge is 0.255 e. The topological polar surface area (TPSA) is 68.5 Å². The van der Waals surface area contributed by atoms with E-state index in [0.29, 0.717) is 38.6 Å². The summed E-state index contributed by atoms with van der Waals surface area (Å²) < 4.78 is 11.8. The lowest BCUT2D eigenvalue weighted by atomic mass is 10.1. The summed E-state index contributed by atoms with van der Waals surface area (Å²) in [6, 6.07) is 18.5. The summed E-state index contributed by atoms with van der Waals surface area (Å²) in [6.07, 6.45) is 0. The van der Waals surface area contributed by atoms with E-state index in [1.807, 2.05) is 0 Å². The predicted molar refractivity (Wildman–Crippen MR) is 120 cm³/mol. The first-order valence-electron chi connectivity index (χ1n) is 8.94. The molecule has 1 heterocycles. The monoisotopic (exact) mass is 483 g/mol. The number of amides is 1. The number of hydrogen-bond acceptors (Lipinski definition) is 4. The van der Waals surface area contributed by atoms with Crippen LogP contribution in [0.25, 0.3) is 11.0 Å². The summed E-state index contributed by atoms with van der Waals surface area (Å²) in [5, 5.41) is 3.97. The average Bonchev–Trinajstić information content (AvgIpc) is 3.11. The SMILES string of the molecule is COc1ccc(C(=O)Nc2c(C(=O)c3ccc(Cl)cc3)oc3ccc(Br)cc23)cc1. The van der Waals surface area contributed by atoms with Crippen LogP contribution >= 0.6 is 27.5 Å². The molecule has 0 aliphatic rings. The van der Waals surface area contributed by atoms with Gasteiger partial charge in [-0.2, -0.15) is 0 Å². The number of fused-ring (bicyclic) bond motifs is 1. The second kappa shape index (κ2) is 8.34. The number of furan rings is 1. The fourth-order valence-corrected chi connectivity index (χ4v) is 3.50. The minimum absolute atomic E-state index is 0.0484. The zero-order valence-electron chi connectivity index (χ0n) is 15.7. The van der Waals surface area contributed by atoms with Gasteiger partial charge in [0, 0.05) is 26.0 Å². The van der Waals surface area contributed by atoms with Crippen LogP contribution in [0, 0.1) is 0 Å². The lowest BCUT2D eigenvalue weighted by Gasteiger charge is -2.07. The summed E-state index contributed by atoms with van der Waals surface area (Å²) in [6.45, 7) is 0. The highest BCUT2D eigenvalue weighted by molar-refractivity contribution is 9.10. The van der Waals surface area contributed by atoms with E-state index in [9.17, 15) is 9.59 Å². The quantitative estimate of drug-likeness (QED) is 0.336. The van der Waals surface area contributed by atoms with Crippen molar-refractivity contribution in [3.8, 4) is 5.75 Å². The Morgan fingerprint density at radius 3 is 2.30 bits per heavy atom. The molecule has 0 spiro atoms. The lowest BCUT2D eigenvalue weighted by Crippen LogP contribution is -2.14. The van der Waals surface area contributed by atoms with E-state index in [2.05, 4.69) is 21.2 Å². The van der Waals surface area contributed by atoms with Crippen LogP contribution in [0.15, 0.2) is 75.6 Å². The average molecular weight is 485 g/mol. The number of hydrogen-bond donors (Lipinski definition) is 1. The Morgan fingerprint density at radius 2 is 1.63 bits per heavy atom. The first kappa shape index (κ1) is 20.2. The van der Waals surface area contributed by atoms with Crippen LogP contribution in [0.1, 0.15) is 26.5 Å². The molecule has 1 aromatic heterocycles. The van der Waals surface area contributed by atoms with Gasteiger partial charge in [0.05, 0.1) is 12.8 Å². The molecule has 0 unspecified atom stereocenters. The first-order valence-corrected chi connectivity index (χ1v) is 10.1. The van der Waals surface area contributed by atoms with E-state index in [1.54, 1.807) is 73.8 Å². The largest absolute Gasteiger partial charge is 0.497 e. The minimum Gasteiger partial charge on any atom is -0.497 e. The fourth-order valence-electron chi connectivity index (χ4n) is 3.01. The maximum Gasteiger partial charge on any atom is 0.255 e. The van der Waals surface area contributed by atoms with Crippen molar-refractivity contribution in [1.29, 1.82) is 0 Å². The van der Waals surface area contributed by atoms with Crippen LogP contribution in [0.3, 0.4) is 0 Å². The standard InChI is InChI=1S/C23H15BrClNO4/c1-29-17-9-4-14(5-10-17)23(28)26-20-18-12-15(24)6-11-19(18)30-22(20)21(27)13-2-7-16(25)8-3-13/h2-12H,1H3,(H,26,28). The number of carbonyl (C=O) groups is 2. The molecular weight excluding hydrogens is 470 g/mol. The Kier molecular flexibility index (Phi) is 5.61. The molecule has 0 saturated carbocycles. The van der Waals surface area contributed by atoms with Gasteiger partial charge in [0.15, 0.2) is 5.76 Å². The Morgan fingerprint density at radius 1 is 0.967 bits per heavy atom. The third-order valence-corrected chi connectivity index (χ3v) is 5.30. The number of ketones is 1. The van der Waals surface area contributed by atoms with Gasteiger partial charge in [0.1, 0.15) is 11.3 Å². The molecule has 150 valence electrons. The zero-order chi connectivity index (χ0) is 21.3. The Labute approximate surface area is 185 Å². The van der Waals surface area contributed by atoms with Gasteiger partial charge in [0.25, 0.3) is 5.91 Å².